The van der Waals surface area contributed by atoms with Crippen LogP contribution in [0.25, 0.3) is 10.6 Å². The van der Waals surface area contributed by atoms with Crippen LogP contribution >= 0.6 is 11.3 Å². The van der Waals surface area contributed by atoms with Crippen LogP contribution in [0.5, 0.6) is 5.75 Å². The number of nitriles is 1. The second-order valence-electron chi connectivity index (χ2n) is 5.34. The normalized spacial score (nSPS) is 10.2. The van der Waals surface area contributed by atoms with Crippen molar-refractivity contribution in [2.24, 2.45) is 0 Å². The molecule has 5 nitrogen and oxygen atoms in total. The van der Waals surface area contributed by atoms with Crippen molar-refractivity contribution < 1.29 is 14.6 Å². The highest BCUT2D eigenvalue weighted by Crippen LogP contribution is 2.31. The molecule has 0 unspecified atom stereocenters. The number of aryl methyl sites for hydroxylation is 1. The van der Waals surface area contributed by atoms with Crippen LogP contribution in [0, 0.1) is 18.3 Å². The van der Waals surface area contributed by atoms with E-state index in [0.717, 1.165) is 16.9 Å². The van der Waals surface area contributed by atoms with E-state index in [2.05, 4.69) is 11.1 Å². The fourth-order valence-electron chi connectivity index (χ4n) is 2.33. The molecule has 1 heterocycles. The summed E-state index contributed by atoms with van der Waals surface area (Å²) in [6, 6.07) is 17.0. The van der Waals surface area contributed by atoms with Gasteiger partial charge in [-0.15, -0.1) is 11.3 Å². The summed E-state index contributed by atoms with van der Waals surface area (Å²) in [5.41, 5.74) is 2.56. The van der Waals surface area contributed by atoms with Gasteiger partial charge in [0.2, 0.25) is 0 Å². The van der Waals surface area contributed by atoms with Gasteiger partial charge in [0.25, 0.3) is 0 Å². The van der Waals surface area contributed by atoms with Crippen LogP contribution in [0.15, 0.2) is 48.5 Å². The molecule has 3 rings (SSSR count). The third-order valence-electron chi connectivity index (χ3n) is 3.57. The van der Waals surface area contributed by atoms with Crippen molar-refractivity contribution in [2.45, 2.75) is 13.5 Å². The van der Waals surface area contributed by atoms with Crippen LogP contribution in [0.4, 0.5) is 0 Å². The molecule has 0 saturated heterocycles. The largest absolute Gasteiger partial charge is 0.488 e. The van der Waals surface area contributed by atoms with Gasteiger partial charge in [0.05, 0.1) is 11.3 Å². The first-order valence-electron chi connectivity index (χ1n) is 7.50. The minimum atomic E-state index is -0.996. The second kappa shape index (κ2) is 7.16. The summed E-state index contributed by atoms with van der Waals surface area (Å²) in [5.74, 6) is -0.508. The van der Waals surface area contributed by atoms with E-state index in [9.17, 15) is 10.1 Å². The highest BCUT2D eigenvalue weighted by atomic mass is 32.1. The number of hydrogen-bond acceptors (Lipinski definition) is 5. The molecule has 0 aliphatic heterocycles. The number of carboxylic acids is 1. The van der Waals surface area contributed by atoms with Crippen LogP contribution < -0.4 is 4.74 Å². The van der Waals surface area contributed by atoms with Crippen molar-refractivity contribution in [1.29, 1.82) is 5.26 Å². The fraction of sp³-hybridized carbons (Fsp3) is 0.105. The number of aromatic carboxylic acids is 1. The van der Waals surface area contributed by atoms with Crippen molar-refractivity contribution in [3.8, 4) is 22.4 Å². The molecule has 0 spiro atoms. The van der Waals surface area contributed by atoms with E-state index in [4.69, 9.17) is 9.84 Å². The summed E-state index contributed by atoms with van der Waals surface area (Å²) >= 11 is 1.10. The zero-order valence-electron chi connectivity index (χ0n) is 13.4. The van der Waals surface area contributed by atoms with E-state index in [1.165, 1.54) is 0 Å². The average molecular weight is 350 g/mol. The fourth-order valence-corrected chi connectivity index (χ4v) is 3.23. The molecule has 6 heteroatoms. The summed E-state index contributed by atoms with van der Waals surface area (Å²) in [5, 5.41) is 19.1. The predicted octanol–water partition coefficient (Wildman–Crippen LogP) is 4.27. The molecule has 0 aliphatic rings. The third kappa shape index (κ3) is 3.67. The van der Waals surface area contributed by atoms with Crippen LogP contribution in [0.2, 0.25) is 0 Å². The van der Waals surface area contributed by atoms with Gasteiger partial charge in [-0.3, -0.25) is 0 Å². The minimum Gasteiger partial charge on any atom is -0.488 e. The van der Waals surface area contributed by atoms with Crippen LogP contribution in [0.3, 0.4) is 0 Å². The van der Waals surface area contributed by atoms with Crippen LogP contribution in [0.1, 0.15) is 26.5 Å². The molecule has 0 bridgehead atoms. The number of carbonyl (C=O) groups is 1. The lowest BCUT2D eigenvalue weighted by molar-refractivity contribution is 0.0701. The highest BCUT2D eigenvalue weighted by molar-refractivity contribution is 7.17. The van der Waals surface area contributed by atoms with E-state index in [0.29, 0.717) is 34.2 Å². The van der Waals surface area contributed by atoms with Gasteiger partial charge in [-0.2, -0.15) is 5.26 Å². The maximum Gasteiger partial charge on any atom is 0.347 e. The van der Waals surface area contributed by atoms with E-state index in [1.807, 2.05) is 30.3 Å². The molecule has 3 aromatic rings. The standard InChI is InChI=1S/C19H14N2O3S/c1-12-17(19(22)23)25-18(21-12)14-7-8-16(15(9-14)10-20)24-11-13-5-3-2-4-6-13/h2-9H,11H2,1H3,(H,22,23). The predicted molar refractivity (Wildman–Crippen MR) is 94.7 cm³/mol. The molecule has 0 radical (unpaired) electrons. The Morgan fingerprint density at radius 2 is 2.04 bits per heavy atom. The summed E-state index contributed by atoms with van der Waals surface area (Å²) in [7, 11) is 0. The van der Waals surface area contributed by atoms with Crippen LogP contribution in [-0.2, 0) is 6.61 Å². The average Bonchev–Trinajstić information content (AvgIpc) is 3.02. The Labute approximate surface area is 148 Å². The van der Waals surface area contributed by atoms with Gasteiger partial charge in [0.1, 0.15) is 28.3 Å². The molecule has 0 saturated carbocycles. The number of benzene rings is 2. The second-order valence-corrected chi connectivity index (χ2v) is 6.33. The molecule has 0 aliphatic carbocycles. The number of ether oxygens (including phenoxy) is 1. The minimum absolute atomic E-state index is 0.206. The lowest BCUT2D eigenvalue weighted by Gasteiger charge is -2.09. The summed E-state index contributed by atoms with van der Waals surface area (Å²) in [4.78, 5) is 15.7. The molecule has 124 valence electrons. The van der Waals surface area contributed by atoms with Gasteiger partial charge >= 0.3 is 5.97 Å². The van der Waals surface area contributed by atoms with Crippen molar-refractivity contribution in [3.63, 3.8) is 0 Å². The first-order valence-corrected chi connectivity index (χ1v) is 8.32. The van der Waals surface area contributed by atoms with Gasteiger partial charge in [0, 0.05) is 5.56 Å². The molecule has 25 heavy (non-hydrogen) atoms. The first kappa shape index (κ1) is 16.7. The lowest BCUT2D eigenvalue weighted by atomic mass is 10.1. The lowest BCUT2D eigenvalue weighted by Crippen LogP contribution is -1.97. The van der Waals surface area contributed by atoms with Crippen molar-refractivity contribution in [3.05, 3.63) is 70.2 Å². The molecule has 0 amide bonds. The first-order chi connectivity index (χ1) is 12.1. The summed E-state index contributed by atoms with van der Waals surface area (Å²) in [6.45, 7) is 2.03. The highest BCUT2D eigenvalue weighted by Gasteiger charge is 2.16. The number of rotatable bonds is 5. The zero-order valence-corrected chi connectivity index (χ0v) is 14.2. The van der Waals surface area contributed by atoms with Gasteiger partial charge in [0.15, 0.2) is 0 Å². The van der Waals surface area contributed by atoms with Gasteiger partial charge in [-0.1, -0.05) is 30.3 Å². The third-order valence-corrected chi connectivity index (χ3v) is 4.77. The van der Waals surface area contributed by atoms with E-state index < -0.39 is 5.97 Å². The van der Waals surface area contributed by atoms with Gasteiger partial charge < -0.3 is 9.84 Å². The van der Waals surface area contributed by atoms with Crippen molar-refractivity contribution in [1.82, 2.24) is 4.98 Å². The maximum absolute atomic E-state index is 11.2. The van der Waals surface area contributed by atoms with E-state index >= 15 is 0 Å². The number of carboxylic acid groups (broad SMARTS) is 1. The summed E-state index contributed by atoms with van der Waals surface area (Å²) < 4.78 is 5.74. The zero-order chi connectivity index (χ0) is 17.8. The van der Waals surface area contributed by atoms with Crippen LogP contribution in [-0.4, -0.2) is 16.1 Å². The molecular weight excluding hydrogens is 336 g/mol. The molecule has 1 aromatic heterocycles. The Morgan fingerprint density at radius 3 is 2.68 bits per heavy atom. The maximum atomic E-state index is 11.2. The SMILES string of the molecule is Cc1nc(-c2ccc(OCc3ccccc3)c(C#N)c2)sc1C(=O)O. The quantitative estimate of drug-likeness (QED) is 0.743. The monoisotopic (exact) mass is 350 g/mol. The molecule has 0 atom stereocenters. The number of nitrogens with zero attached hydrogens (tertiary/aromatic N) is 2. The molecule has 1 N–H and O–H groups in total. The van der Waals surface area contributed by atoms with Crippen molar-refractivity contribution in [2.75, 3.05) is 0 Å². The Morgan fingerprint density at radius 1 is 1.28 bits per heavy atom. The van der Waals surface area contributed by atoms with Gasteiger partial charge in [-0.05, 0) is 30.7 Å². The number of aromatic nitrogens is 1. The van der Waals surface area contributed by atoms with Gasteiger partial charge in [-0.25, -0.2) is 9.78 Å². The van der Waals surface area contributed by atoms with E-state index in [1.54, 1.807) is 25.1 Å². The van der Waals surface area contributed by atoms with E-state index in [-0.39, 0.29) is 4.88 Å². The summed E-state index contributed by atoms with van der Waals surface area (Å²) in [6.07, 6.45) is 0. The number of thiazole rings is 1. The Kier molecular flexibility index (Phi) is 4.78. The molecule has 0 fully saturated rings. The Hall–Kier alpha value is -3.17. The number of hydrogen-bond donors (Lipinski definition) is 1. The smallest absolute Gasteiger partial charge is 0.347 e. The Balaban J connectivity index is 1.86. The molecular formula is C19H14N2O3S. The topological polar surface area (TPSA) is 83.2 Å². The van der Waals surface area contributed by atoms with Crippen molar-refractivity contribution >= 4 is 17.3 Å². The molecule has 2 aromatic carbocycles. The Bertz CT molecular complexity index is 959.